The molecule has 1 fully saturated rings. The molecule has 2 aliphatic rings. The first-order chi connectivity index (χ1) is 16.0. The lowest BCUT2D eigenvalue weighted by Crippen LogP contribution is -2.54. The molecule has 2 aromatic rings. The zero-order chi connectivity index (χ0) is 24.7. The summed E-state index contributed by atoms with van der Waals surface area (Å²) in [5.41, 5.74) is -0.292. The van der Waals surface area contributed by atoms with Crippen LogP contribution in [0.1, 0.15) is 44.6 Å². The van der Waals surface area contributed by atoms with Crippen molar-refractivity contribution in [2.45, 2.75) is 48.7 Å². The number of ether oxygens (including phenoxy) is 1. The van der Waals surface area contributed by atoms with Crippen LogP contribution in [0.3, 0.4) is 0 Å². The smallest absolute Gasteiger partial charge is 0.188 e. The van der Waals surface area contributed by atoms with Gasteiger partial charge in [-0.2, -0.15) is 0 Å². The third-order valence-electron chi connectivity index (χ3n) is 7.10. The molecule has 1 aliphatic heterocycles. The van der Waals surface area contributed by atoms with Crippen molar-refractivity contribution < 1.29 is 30.4 Å². The Kier molecular flexibility index (Phi) is 7.01. The largest absolute Gasteiger partial charge is 0.490 e. The fourth-order valence-corrected chi connectivity index (χ4v) is 9.66. The number of sulfone groups is 2. The summed E-state index contributed by atoms with van der Waals surface area (Å²) in [5.74, 6) is -3.17. The Balaban J connectivity index is 1.88. The first-order valence-electron chi connectivity index (χ1n) is 11.4. The van der Waals surface area contributed by atoms with E-state index in [0.29, 0.717) is 24.3 Å². The third kappa shape index (κ3) is 4.24. The Morgan fingerprint density at radius 1 is 1.03 bits per heavy atom. The number of benzene rings is 2. The van der Waals surface area contributed by atoms with E-state index in [1.165, 1.54) is 24.3 Å². The van der Waals surface area contributed by atoms with E-state index in [-0.39, 0.29) is 53.1 Å². The van der Waals surface area contributed by atoms with Crippen LogP contribution in [0.15, 0.2) is 41.3 Å². The van der Waals surface area contributed by atoms with Gasteiger partial charge in [0.05, 0.1) is 22.8 Å². The summed E-state index contributed by atoms with van der Waals surface area (Å²) in [5, 5.41) is 0.347. The van der Waals surface area contributed by atoms with E-state index < -0.39 is 42.0 Å². The Labute approximate surface area is 204 Å². The molecule has 1 saturated carbocycles. The van der Waals surface area contributed by atoms with Gasteiger partial charge < -0.3 is 4.74 Å². The van der Waals surface area contributed by atoms with Gasteiger partial charge in [0, 0.05) is 16.7 Å². The van der Waals surface area contributed by atoms with Crippen molar-refractivity contribution in [2.24, 2.45) is 11.8 Å². The molecule has 186 valence electrons. The minimum Gasteiger partial charge on any atom is -0.490 e. The summed E-state index contributed by atoms with van der Waals surface area (Å²) >= 11 is 5.96. The predicted octanol–water partition coefficient (Wildman–Crippen LogP) is 5.31. The monoisotopic (exact) mass is 532 g/mol. The fourth-order valence-electron chi connectivity index (χ4n) is 5.60. The van der Waals surface area contributed by atoms with Gasteiger partial charge in [0.15, 0.2) is 21.4 Å². The minimum atomic E-state index is -4.24. The van der Waals surface area contributed by atoms with Crippen LogP contribution in [0.5, 0.6) is 5.75 Å². The van der Waals surface area contributed by atoms with Crippen LogP contribution in [0.25, 0.3) is 0 Å². The van der Waals surface area contributed by atoms with Crippen molar-refractivity contribution in [3.63, 3.8) is 0 Å². The zero-order valence-corrected chi connectivity index (χ0v) is 21.2. The minimum absolute atomic E-state index is 0.0438. The van der Waals surface area contributed by atoms with Crippen molar-refractivity contribution in [2.75, 3.05) is 18.1 Å². The molecule has 0 unspecified atom stereocenters. The molecule has 0 bridgehead atoms. The standard InChI is InChI=1S/C24H27ClF2O5S2/c1-2-13-33(28,29)14-11-16-4-3-12-24(34(30,31)18-7-5-17(25)6-8-18)19(16)15-32-23-21(27)10-9-20(26)22(23)24/h5-10,16,19H,2-4,11-15H2,1H3/t16-,19-,24-/m0/s1. The number of hydrogen-bond donors (Lipinski definition) is 0. The molecule has 3 atom stereocenters. The van der Waals surface area contributed by atoms with Gasteiger partial charge in [-0.05, 0) is 68.0 Å². The second kappa shape index (κ2) is 9.39. The molecule has 0 N–H and O–H groups in total. The molecule has 10 heteroatoms. The second-order valence-electron chi connectivity index (χ2n) is 9.09. The predicted molar refractivity (Wildman–Crippen MR) is 127 cm³/mol. The Hall–Kier alpha value is -1.71. The Bertz CT molecular complexity index is 1280. The van der Waals surface area contributed by atoms with Gasteiger partial charge in [0.25, 0.3) is 0 Å². The quantitative estimate of drug-likeness (QED) is 0.483. The molecule has 1 heterocycles. The maximum absolute atomic E-state index is 15.4. The van der Waals surface area contributed by atoms with Crippen LogP contribution in [0.2, 0.25) is 5.02 Å². The first kappa shape index (κ1) is 25.4. The van der Waals surface area contributed by atoms with E-state index in [0.717, 1.165) is 12.1 Å². The van der Waals surface area contributed by atoms with E-state index in [9.17, 15) is 21.2 Å². The Morgan fingerprint density at radius 2 is 1.71 bits per heavy atom. The highest BCUT2D eigenvalue weighted by atomic mass is 35.5. The molecule has 0 radical (unpaired) electrons. The van der Waals surface area contributed by atoms with Crippen LogP contribution < -0.4 is 4.74 Å². The van der Waals surface area contributed by atoms with Crippen molar-refractivity contribution in [3.8, 4) is 5.75 Å². The van der Waals surface area contributed by atoms with Crippen LogP contribution >= 0.6 is 11.6 Å². The Morgan fingerprint density at radius 3 is 2.38 bits per heavy atom. The SMILES string of the molecule is CCCS(=O)(=O)CC[C@@H]1CCC[C@@]2(S(=O)(=O)c3ccc(Cl)cc3)c3c(F)ccc(F)c3OC[C@@H]12. The van der Waals surface area contributed by atoms with Crippen molar-refractivity contribution in [1.29, 1.82) is 0 Å². The van der Waals surface area contributed by atoms with Gasteiger partial charge >= 0.3 is 0 Å². The highest BCUT2D eigenvalue weighted by Gasteiger charge is 2.60. The lowest BCUT2D eigenvalue weighted by molar-refractivity contribution is 0.0735. The molecule has 0 aromatic heterocycles. The number of rotatable bonds is 7. The average Bonchev–Trinajstić information content (AvgIpc) is 2.79. The summed E-state index contributed by atoms with van der Waals surface area (Å²) in [6.45, 7) is 1.64. The molecule has 4 rings (SSSR count). The van der Waals surface area contributed by atoms with Crippen LogP contribution in [0, 0.1) is 23.5 Å². The van der Waals surface area contributed by atoms with Gasteiger partial charge in [-0.15, -0.1) is 0 Å². The topological polar surface area (TPSA) is 77.5 Å². The number of halogens is 3. The van der Waals surface area contributed by atoms with Gasteiger partial charge in [-0.1, -0.05) is 24.9 Å². The van der Waals surface area contributed by atoms with E-state index in [4.69, 9.17) is 16.3 Å². The van der Waals surface area contributed by atoms with Gasteiger partial charge in [0.1, 0.15) is 20.4 Å². The summed E-state index contributed by atoms with van der Waals surface area (Å²) in [6.07, 6.45) is 1.82. The van der Waals surface area contributed by atoms with Crippen LogP contribution in [-0.4, -0.2) is 34.9 Å². The molecular formula is C24H27ClF2O5S2. The van der Waals surface area contributed by atoms with Gasteiger partial charge in [-0.25, -0.2) is 25.6 Å². The average molecular weight is 533 g/mol. The van der Waals surface area contributed by atoms with Crippen LogP contribution in [0.4, 0.5) is 8.78 Å². The van der Waals surface area contributed by atoms with E-state index in [2.05, 4.69) is 0 Å². The summed E-state index contributed by atoms with van der Waals surface area (Å²) in [7, 11) is -7.54. The maximum Gasteiger partial charge on any atom is 0.188 e. The summed E-state index contributed by atoms with van der Waals surface area (Å²) in [4.78, 5) is -0.0438. The van der Waals surface area contributed by atoms with Crippen molar-refractivity contribution >= 4 is 31.3 Å². The molecule has 34 heavy (non-hydrogen) atoms. The summed E-state index contributed by atoms with van der Waals surface area (Å²) in [6, 6.07) is 7.47. The molecule has 0 amide bonds. The maximum atomic E-state index is 15.4. The van der Waals surface area contributed by atoms with E-state index >= 15 is 4.39 Å². The zero-order valence-electron chi connectivity index (χ0n) is 18.8. The number of hydrogen-bond acceptors (Lipinski definition) is 5. The summed E-state index contributed by atoms with van der Waals surface area (Å²) < 4.78 is 87.2. The molecule has 0 saturated heterocycles. The third-order valence-corrected chi connectivity index (χ3v) is 11.8. The first-order valence-corrected chi connectivity index (χ1v) is 15.0. The molecule has 2 aromatic carbocycles. The number of fused-ring (bicyclic) bond motifs is 3. The highest BCUT2D eigenvalue weighted by Crippen LogP contribution is 2.58. The lowest BCUT2D eigenvalue weighted by atomic mass is 9.66. The van der Waals surface area contributed by atoms with Crippen molar-refractivity contribution in [1.82, 2.24) is 0 Å². The highest BCUT2D eigenvalue weighted by molar-refractivity contribution is 7.92. The van der Waals surface area contributed by atoms with E-state index in [1.807, 2.05) is 0 Å². The van der Waals surface area contributed by atoms with Crippen molar-refractivity contribution in [3.05, 3.63) is 58.6 Å². The normalized spacial score (nSPS) is 24.7. The lowest BCUT2D eigenvalue weighted by Gasteiger charge is -2.50. The molecule has 0 spiro atoms. The second-order valence-corrected chi connectivity index (χ2v) is 14.0. The van der Waals surface area contributed by atoms with E-state index in [1.54, 1.807) is 6.92 Å². The fraction of sp³-hybridized carbons (Fsp3) is 0.500. The molecular weight excluding hydrogens is 506 g/mol. The van der Waals surface area contributed by atoms with Crippen LogP contribution in [-0.2, 0) is 24.4 Å². The van der Waals surface area contributed by atoms with Gasteiger partial charge in [-0.3, -0.25) is 0 Å². The molecule has 1 aliphatic carbocycles. The molecule has 5 nitrogen and oxygen atoms in total. The van der Waals surface area contributed by atoms with Gasteiger partial charge in [0.2, 0.25) is 0 Å².